The smallest absolute Gasteiger partial charge is 0.191 e. The molecule has 0 aromatic heterocycles. The van der Waals surface area contributed by atoms with Crippen LogP contribution in [0.1, 0.15) is 18.4 Å². The van der Waals surface area contributed by atoms with E-state index in [2.05, 4.69) is 27.8 Å². The number of rotatable bonds is 4. The summed E-state index contributed by atoms with van der Waals surface area (Å²) in [6, 6.07) is 4.61. The fourth-order valence-electron chi connectivity index (χ4n) is 2.18. The van der Waals surface area contributed by atoms with Crippen LogP contribution in [-0.4, -0.2) is 25.6 Å². The number of halogens is 3. The van der Waals surface area contributed by atoms with Crippen LogP contribution in [0.2, 0.25) is 0 Å². The van der Waals surface area contributed by atoms with Crippen molar-refractivity contribution in [3.63, 3.8) is 0 Å². The molecule has 0 aliphatic heterocycles. The van der Waals surface area contributed by atoms with E-state index in [0.717, 1.165) is 18.9 Å². The predicted molar refractivity (Wildman–Crippen MR) is 92.1 cm³/mol. The average Bonchev–Trinajstić information content (AvgIpc) is 2.95. The van der Waals surface area contributed by atoms with Gasteiger partial charge in [0.05, 0.1) is 0 Å². The van der Waals surface area contributed by atoms with Crippen LogP contribution in [0.15, 0.2) is 35.3 Å². The maximum atomic E-state index is 13.5. The lowest BCUT2D eigenvalue weighted by atomic mass is 10.1. The minimum Gasteiger partial charge on any atom is -0.356 e. The van der Waals surface area contributed by atoms with Crippen molar-refractivity contribution in [1.29, 1.82) is 0 Å². The maximum Gasteiger partial charge on any atom is 0.191 e. The Kier molecular flexibility index (Phi) is 7.63. The zero-order chi connectivity index (χ0) is 14.4. The maximum absolute atomic E-state index is 13.5. The number of guanidine groups is 1. The summed E-state index contributed by atoms with van der Waals surface area (Å²) >= 11 is 0. The Morgan fingerprint density at radius 3 is 2.67 bits per heavy atom. The second kappa shape index (κ2) is 8.96. The summed E-state index contributed by atoms with van der Waals surface area (Å²) in [5, 5.41) is 6.40. The lowest BCUT2D eigenvalue weighted by Gasteiger charge is -2.17. The summed E-state index contributed by atoms with van der Waals surface area (Å²) in [4.78, 5) is 4.12. The summed E-state index contributed by atoms with van der Waals surface area (Å²) in [6.45, 7) is 0.500. The molecule has 1 aromatic carbocycles. The molecule has 0 saturated heterocycles. The number of hydrogen-bond donors (Lipinski definition) is 2. The third-order valence-corrected chi connectivity index (χ3v) is 3.29. The third kappa shape index (κ3) is 5.26. The van der Waals surface area contributed by atoms with Gasteiger partial charge in [-0.1, -0.05) is 24.3 Å². The molecule has 0 unspecified atom stereocenters. The van der Waals surface area contributed by atoms with E-state index >= 15 is 0 Å². The average molecular weight is 407 g/mol. The predicted octanol–water partition coefficient (Wildman–Crippen LogP) is 3.01. The van der Waals surface area contributed by atoms with Gasteiger partial charge < -0.3 is 10.6 Å². The van der Waals surface area contributed by atoms with Crippen LogP contribution in [-0.2, 0) is 6.42 Å². The highest BCUT2D eigenvalue weighted by Gasteiger charge is 2.12. The van der Waals surface area contributed by atoms with Crippen molar-refractivity contribution < 1.29 is 8.78 Å². The van der Waals surface area contributed by atoms with Gasteiger partial charge in [-0.05, 0) is 30.9 Å². The van der Waals surface area contributed by atoms with Crippen molar-refractivity contribution in [2.45, 2.75) is 25.3 Å². The van der Waals surface area contributed by atoms with E-state index in [1.54, 1.807) is 13.1 Å². The minimum atomic E-state index is -0.804. The number of hydrogen-bond acceptors (Lipinski definition) is 1. The monoisotopic (exact) mass is 407 g/mol. The lowest BCUT2D eigenvalue weighted by molar-refractivity contribution is 0.498. The summed E-state index contributed by atoms with van der Waals surface area (Å²) < 4.78 is 26.5. The molecule has 2 rings (SSSR count). The molecule has 116 valence electrons. The van der Waals surface area contributed by atoms with Gasteiger partial charge in [-0.25, -0.2) is 8.78 Å². The van der Waals surface area contributed by atoms with E-state index < -0.39 is 11.6 Å². The van der Waals surface area contributed by atoms with Gasteiger partial charge in [0.1, 0.15) is 0 Å². The van der Waals surface area contributed by atoms with Crippen molar-refractivity contribution >= 4 is 29.9 Å². The fraction of sp³-hybridized carbons (Fsp3) is 0.400. The van der Waals surface area contributed by atoms with Crippen molar-refractivity contribution in [3.8, 4) is 0 Å². The number of benzene rings is 1. The van der Waals surface area contributed by atoms with Crippen LogP contribution in [0.3, 0.4) is 0 Å². The Bertz CT molecular complexity index is 510. The van der Waals surface area contributed by atoms with Gasteiger partial charge in [0.25, 0.3) is 0 Å². The molecule has 0 bridgehead atoms. The summed E-state index contributed by atoms with van der Waals surface area (Å²) in [5.74, 6) is -0.880. The standard InChI is InChI=1S/C15H19F2N3.HI/c1-18-15(20-12-6-2-3-7-12)19-10-9-11-5-4-8-13(16)14(11)17;/h2-5,8,12H,6-7,9-10H2,1H3,(H2,18,19,20);1H. The van der Waals surface area contributed by atoms with Gasteiger partial charge >= 0.3 is 0 Å². The molecular weight excluding hydrogens is 387 g/mol. The topological polar surface area (TPSA) is 36.4 Å². The Labute approximate surface area is 140 Å². The number of aliphatic imine (C=N–C) groups is 1. The molecule has 21 heavy (non-hydrogen) atoms. The lowest BCUT2D eigenvalue weighted by Crippen LogP contribution is -2.43. The number of nitrogens with zero attached hydrogens (tertiary/aromatic N) is 1. The van der Waals surface area contributed by atoms with Crippen LogP contribution in [0, 0.1) is 11.6 Å². The van der Waals surface area contributed by atoms with Crippen LogP contribution in [0.5, 0.6) is 0 Å². The summed E-state index contributed by atoms with van der Waals surface area (Å²) in [7, 11) is 1.69. The van der Waals surface area contributed by atoms with E-state index in [1.165, 1.54) is 6.07 Å². The fourth-order valence-corrected chi connectivity index (χ4v) is 2.18. The molecule has 2 N–H and O–H groups in total. The molecule has 0 radical (unpaired) electrons. The molecule has 3 nitrogen and oxygen atoms in total. The van der Waals surface area contributed by atoms with Crippen LogP contribution in [0.25, 0.3) is 0 Å². The first-order chi connectivity index (χ1) is 9.70. The molecule has 0 fully saturated rings. The molecule has 1 aromatic rings. The van der Waals surface area contributed by atoms with Gasteiger partial charge in [0.15, 0.2) is 17.6 Å². The molecular formula is C15H20F2IN3. The molecule has 0 atom stereocenters. The highest BCUT2D eigenvalue weighted by molar-refractivity contribution is 14.0. The molecule has 0 heterocycles. The number of nitrogens with one attached hydrogen (secondary N) is 2. The minimum absolute atomic E-state index is 0. The summed E-state index contributed by atoms with van der Waals surface area (Å²) in [5.41, 5.74) is 0.371. The summed E-state index contributed by atoms with van der Waals surface area (Å²) in [6.07, 6.45) is 6.64. The van der Waals surface area contributed by atoms with E-state index in [-0.39, 0.29) is 24.0 Å². The first kappa shape index (κ1) is 17.9. The van der Waals surface area contributed by atoms with E-state index in [9.17, 15) is 8.78 Å². The Morgan fingerprint density at radius 1 is 1.29 bits per heavy atom. The molecule has 0 amide bonds. The molecule has 6 heteroatoms. The highest BCUT2D eigenvalue weighted by Crippen LogP contribution is 2.11. The zero-order valence-corrected chi connectivity index (χ0v) is 14.2. The third-order valence-electron chi connectivity index (χ3n) is 3.29. The Morgan fingerprint density at radius 2 is 2.00 bits per heavy atom. The van der Waals surface area contributed by atoms with Gasteiger partial charge in [0.2, 0.25) is 0 Å². The van der Waals surface area contributed by atoms with Crippen molar-refractivity contribution in [2.24, 2.45) is 4.99 Å². The molecule has 0 saturated carbocycles. The highest BCUT2D eigenvalue weighted by atomic mass is 127. The first-order valence-electron chi connectivity index (χ1n) is 6.75. The van der Waals surface area contributed by atoms with Gasteiger partial charge in [-0.3, -0.25) is 4.99 Å². The SMILES string of the molecule is CN=C(NCCc1cccc(F)c1F)NC1CC=CC1.I. The van der Waals surface area contributed by atoms with Gasteiger partial charge in [-0.2, -0.15) is 0 Å². The van der Waals surface area contributed by atoms with E-state index in [0.29, 0.717) is 30.5 Å². The van der Waals surface area contributed by atoms with Crippen molar-refractivity contribution in [2.75, 3.05) is 13.6 Å². The van der Waals surface area contributed by atoms with Crippen LogP contribution >= 0.6 is 24.0 Å². The molecule has 1 aliphatic carbocycles. The van der Waals surface area contributed by atoms with Crippen LogP contribution < -0.4 is 10.6 Å². The zero-order valence-electron chi connectivity index (χ0n) is 11.9. The van der Waals surface area contributed by atoms with Crippen LogP contribution in [0.4, 0.5) is 8.78 Å². The van der Waals surface area contributed by atoms with Gasteiger partial charge in [-0.15, -0.1) is 24.0 Å². The second-order valence-electron chi connectivity index (χ2n) is 4.75. The Balaban J connectivity index is 0.00000220. The molecule has 1 aliphatic rings. The largest absolute Gasteiger partial charge is 0.356 e. The quantitative estimate of drug-likeness (QED) is 0.349. The Hall–Kier alpha value is -1.18. The van der Waals surface area contributed by atoms with E-state index in [4.69, 9.17) is 0 Å². The van der Waals surface area contributed by atoms with Gasteiger partial charge in [0, 0.05) is 19.6 Å². The second-order valence-corrected chi connectivity index (χ2v) is 4.75. The van der Waals surface area contributed by atoms with Crippen molar-refractivity contribution in [1.82, 2.24) is 10.6 Å². The van der Waals surface area contributed by atoms with E-state index in [1.807, 2.05) is 0 Å². The normalized spacial score (nSPS) is 14.9. The van der Waals surface area contributed by atoms with Crippen molar-refractivity contribution in [3.05, 3.63) is 47.5 Å². The molecule has 0 spiro atoms. The first-order valence-corrected chi connectivity index (χ1v) is 6.75.